The molecule has 2 N–H and O–H groups in total. The van der Waals surface area contributed by atoms with Crippen LogP contribution in [-0.4, -0.2) is 4.98 Å². The maximum Gasteiger partial charge on any atom is 0.0579 e. The number of nitrogen functional groups attached to an aromatic ring is 1. The molecule has 3 heteroatoms. The molecule has 1 aliphatic heterocycles. The molecule has 80 valence electrons. The van der Waals surface area contributed by atoms with E-state index in [4.69, 9.17) is 5.73 Å². The second-order valence-corrected chi connectivity index (χ2v) is 4.10. The van der Waals surface area contributed by atoms with Crippen molar-refractivity contribution < 1.29 is 0 Å². The van der Waals surface area contributed by atoms with Crippen molar-refractivity contribution in [3.05, 3.63) is 53.9 Å². The first-order chi connectivity index (χ1) is 7.83. The second kappa shape index (κ2) is 3.52. The minimum Gasteiger partial charge on any atom is -0.397 e. The molecule has 3 nitrogen and oxygen atoms in total. The monoisotopic (exact) mass is 211 g/mol. The Hall–Kier alpha value is -2.03. The van der Waals surface area contributed by atoms with Gasteiger partial charge in [-0.3, -0.25) is 4.98 Å². The van der Waals surface area contributed by atoms with Crippen molar-refractivity contribution in [3.8, 4) is 0 Å². The normalized spacial score (nSPS) is 13.9. The molecule has 0 aliphatic carbocycles. The Balaban J connectivity index is 1.91. The molecule has 0 fully saturated rings. The summed E-state index contributed by atoms with van der Waals surface area (Å²) in [6, 6.07) is 10.5. The SMILES string of the molecule is Nc1cncc(N2Cc3ccccc3C2)c1. The zero-order valence-electron chi connectivity index (χ0n) is 8.93. The lowest BCUT2D eigenvalue weighted by molar-refractivity contribution is 0.876. The van der Waals surface area contributed by atoms with Crippen molar-refractivity contribution in [1.29, 1.82) is 0 Å². The molecular formula is C13H13N3. The van der Waals surface area contributed by atoms with E-state index in [2.05, 4.69) is 34.1 Å². The average Bonchev–Trinajstić information content (AvgIpc) is 2.72. The van der Waals surface area contributed by atoms with E-state index in [1.807, 2.05) is 12.3 Å². The molecule has 0 spiro atoms. The number of aromatic nitrogens is 1. The zero-order valence-corrected chi connectivity index (χ0v) is 8.93. The topological polar surface area (TPSA) is 42.1 Å². The summed E-state index contributed by atoms with van der Waals surface area (Å²) in [7, 11) is 0. The summed E-state index contributed by atoms with van der Waals surface area (Å²) in [6.45, 7) is 1.89. The van der Waals surface area contributed by atoms with Crippen molar-refractivity contribution in [1.82, 2.24) is 4.98 Å². The van der Waals surface area contributed by atoms with Gasteiger partial charge in [0.25, 0.3) is 0 Å². The molecule has 2 heterocycles. The first-order valence-corrected chi connectivity index (χ1v) is 5.35. The molecule has 0 radical (unpaired) electrons. The molecular weight excluding hydrogens is 198 g/mol. The Morgan fingerprint density at radius 3 is 2.38 bits per heavy atom. The number of rotatable bonds is 1. The number of benzene rings is 1. The van der Waals surface area contributed by atoms with Crippen LogP contribution in [0.25, 0.3) is 0 Å². The molecule has 0 unspecified atom stereocenters. The lowest BCUT2D eigenvalue weighted by atomic mass is 10.1. The lowest BCUT2D eigenvalue weighted by Gasteiger charge is -2.17. The highest BCUT2D eigenvalue weighted by Gasteiger charge is 2.18. The summed E-state index contributed by atoms with van der Waals surface area (Å²) in [5.41, 5.74) is 10.3. The van der Waals surface area contributed by atoms with Crippen LogP contribution in [0.4, 0.5) is 11.4 Å². The quantitative estimate of drug-likeness (QED) is 0.786. The van der Waals surface area contributed by atoms with Gasteiger partial charge in [-0.25, -0.2) is 0 Å². The molecule has 0 amide bonds. The van der Waals surface area contributed by atoms with E-state index in [1.165, 1.54) is 11.1 Å². The van der Waals surface area contributed by atoms with Gasteiger partial charge in [-0.15, -0.1) is 0 Å². The van der Waals surface area contributed by atoms with E-state index < -0.39 is 0 Å². The van der Waals surface area contributed by atoms with Crippen LogP contribution in [0.5, 0.6) is 0 Å². The molecule has 1 aromatic heterocycles. The number of fused-ring (bicyclic) bond motifs is 1. The summed E-state index contributed by atoms with van der Waals surface area (Å²) in [6.07, 6.45) is 3.54. The van der Waals surface area contributed by atoms with E-state index in [0.717, 1.165) is 18.8 Å². The van der Waals surface area contributed by atoms with Crippen molar-refractivity contribution in [2.24, 2.45) is 0 Å². The van der Waals surface area contributed by atoms with E-state index in [-0.39, 0.29) is 0 Å². The Morgan fingerprint density at radius 1 is 1.06 bits per heavy atom. The molecule has 0 atom stereocenters. The van der Waals surface area contributed by atoms with Crippen molar-refractivity contribution in [2.45, 2.75) is 13.1 Å². The predicted molar refractivity (Wildman–Crippen MR) is 65.0 cm³/mol. The Labute approximate surface area is 94.5 Å². The van der Waals surface area contributed by atoms with Crippen molar-refractivity contribution in [2.75, 3.05) is 10.6 Å². The van der Waals surface area contributed by atoms with E-state index in [9.17, 15) is 0 Å². The Bertz CT molecular complexity index is 497. The standard InChI is InChI=1S/C13H13N3/c14-12-5-13(7-15-6-12)16-8-10-3-1-2-4-11(10)9-16/h1-7H,8-9,14H2. The average molecular weight is 211 g/mol. The fourth-order valence-electron chi connectivity index (χ4n) is 2.13. The van der Waals surface area contributed by atoms with Crippen LogP contribution < -0.4 is 10.6 Å². The van der Waals surface area contributed by atoms with E-state index >= 15 is 0 Å². The van der Waals surface area contributed by atoms with Crippen LogP contribution in [-0.2, 0) is 13.1 Å². The van der Waals surface area contributed by atoms with Gasteiger partial charge < -0.3 is 10.6 Å². The number of hydrogen-bond acceptors (Lipinski definition) is 3. The third kappa shape index (κ3) is 1.50. The summed E-state index contributed by atoms with van der Waals surface area (Å²) in [4.78, 5) is 6.41. The minimum absolute atomic E-state index is 0.716. The number of anilines is 2. The summed E-state index contributed by atoms with van der Waals surface area (Å²) in [5.74, 6) is 0. The number of nitrogens with two attached hydrogens (primary N) is 1. The fourth-order valence-corrected chi connectivity index (χ4v) is 2.13. The molecule has 1 aliphatic rings. The van der Waals surface area contributed by atoms with Crippen LogP contribution in [0.2, 0.25) is 0 Å². The Morgan fingerprint density at radius 2 is 1.75 bits per heavy atom. The van der Waals surface area contributed by atoms with E-state index in [0.29, 0.717) is 5.69 Å². The summed E-state index contributed by atoms with van der Waals surface area (Å²) < 4.78 is 0. The second-order valence-electron chi connectivity index (χ2n) is 4.10. The van der Waals surface area contributed by atoms with Crippen LogP contribution in [0.1, 0.15) is 11.1 Å². The number of hydrogen-bond donors (Lipinski definition) is 1. The summed E-state index contributed by atoms with van der Waals surface area (Å²) in [5, 5.41) is 0. The maximum atomic E-state index is 5.74. The first kappa shape index (κ1) is 9.21. The van der Waals surface area contributed by atoms with Gasteiger partial charge >= 0.3 is 0 Å². The highest BCUT2D eigenvalue weighted by atomic mass is 15.1. The van der Waals surface area contributed by atoms with Crippen LogP contribution in [0.3, 0.4) is 0 Å². The number of pyridine rings is 1. The van der Waals surface area contributed by atoms with Gasteiger partial charge in [0, 0.05) is 19.3 Å². The Kier molecular flexibility index (Phi) is 2.03. The molecule has 16 heavy (non-hydrogen) atoms. The van der Waals surface area contributed by atoms with Crippen LogP contribution in [0, 0.1) is 0 Å². The van der Waals surface area contributed by atoms with Gasteiger partial charge in [-0.2, -0.15) is 0 Å². The van der Waals surface area contributed by atoms with Gasteiger partial charge in [0.05, 0.1) is 17.6 Å². The van der Waals surface area contributed by atoms with Gasteiger partial charge in [0.1, 0.15) is 0 Å². The van der Waals surface area contributed by atoms with Crippen LogP contribution in [0.15, 0.2) is 42.7 Å². The zero-order chi connectivity index (χ0) is 11.0. The molecule has 0 bridgehead atoms. The lowest BCUT2D eigenvalue weighted by Crippen LogP contribution is -2.14. The predicted octanol–water partition coefficient (Wildman–Crippen LogP) is 2.18. The molecule has 3 rings (SSSR count). The molecule has 1 aromatic carbocycles. The van der Waals surface area contributed by atoms with E-state index in [1.54, 1.807) is 6.20 Å². The fraction of sp³-hybridized carbons (Fsp3) is 0.154. The van der Waals surface area contributed by atoms with Crippen LogP contribution >= 0.6 is 0 Å². The number of nitrogens with zero attached hydrogens (tertiary/aromatic N) is 2. The van der Waals surface area contributed by atoms with Gasteiger partial charge in [-0.05, 0) is 17.2 Å². The van der Waals surface area contributed by atoms with Gasteiger partial charge in [0.2, 0.25) is 0 Å². The molecule has 0 saturated carbocycles. The van der Waals surface area contributed by atoms with Gasteiger partial charge in [-0.1, -0.05) is 24.3 Å². The van der Waals surface area contributed by atoms with Gasteiger partial charge in [0.15, 0.2) is 0 Å². The largest absolute Gasteiger partial charge is 0.397 e. The summed E-state index contributed by atoms with van der Waals surface area (Å²) >= 11 is 0. The third-order valence-electron chi connectivity index (χ3n) is 2.95. The van der Waals surface area contributed by atoms with Crippen molar-refractivity contribution >= 4 is 11.4 Å². The highest BCUT2D eigenvalue weighted by Crippen LogP contribution is 2.28. The third-order valence-corrected chi connectivity index (χ3v) is 2.95. The highest BCUT2D eigenvalue weighted by molar-refractivity contribution is 5.56. The molecule has 2 aromatic rings. The smallest absolute Gasteiger partial charge is 0.0579 e. The maximum absolute atomic E-state index is 5.74. The molecule has 0 saturated heterocycles. The van der Waals surface area contributed by atoms with Crippen molar-refractivity contribution in [3.63, 3.8) is 0 Å². The first-order valence-electron chi connectivity index (χ1n) is 5.35. The minimum atomic E-state index is 0.716.